The molecule has 7 heteroatoms. The van der Waals surface area contributed by atoms with Gasteiger partial charge in [-0.1, -0.05) is 6.07 Å². The van der Waals surface area contributed by atoms with Crippen molar-refractivity contribution in [3.05, 3.63) is 41.9 Å². The first-order chi connectivity index (χ1) is 11.3. The van der Waals surface area contributed by atoms with Crippen LogP contribution >= 0.6 is 0 Å². The predicted octanol–water partition coefficient (Wildman–Crippen LogP) is 1.50. The van der Waals surface area contributed by atoms with Gasteiger partial charge in [0, 0.05) is 44.6 Å². The lowest BCUT2D eigenvalue weighted by molar-refractivity contribution is -0.0349. The van der Waals surface area contributed by atoms with Gasteiger partial charge in [-0.3, -0.25) is 4.90 Å². The van der Waals surface area contributed by atoms with E-state index >= 15 is 0 Å². The van der Waals surface area contributed by atoms with E-state index in [2.05, 4.69) is 25.2 Å². The normalized spacial score (nSPS) is 18.6. The van der Waals surface area contributed by atoms with Crippen LogP contribution in [0.25, 0.3) is 0 Å². The van der Waals surface area contributed by atoms with Crippen LogP contribution < -0.4 is 10.1 Å². The Morgan fingerprint density at radius 3 is 2.91 bits per heavy atom. The fourth-order valence-corrected chi connectivity index (χ4v) is 2.58. The minimum Gasteiger partial charge on any atom is -0.467 e. The van der Waals surface area contributed by atoms with Crippen LogP contribution in [0.1, 0.15) is 17.4 Å². The van der Waals surface area contributed by atoms with Gasteiger partial charge in [0.2, 0.25) is 0 Å². The number of hydrogen-bond donors (Lipinski definition) is 1. The number of hydrogen-bond acceptors (Lipinski definition) is 7. The van der Waals surface area contributed by atoms with Crippen LogP contribution in [0.5, 0.6) is 6.01 Å². The van der Waals surface area contributed by atoms with Crippen LogP contribution in [0.3, 0.4) is 0 Å². The van der Waals surface area contributed by atoms with Crippen LogP contribution in [0.2, 0.25) is 0 Å². The van der Waals surface area contributed by atoms with Gasteiger partial charge in [-0.05, 0) is 12.1 Å². The lowest BCUT2D eigenvalue weighted by Crippen LogP contribution is -2.38. The van der Waals surface area contributed by atoms with E-state index in [1.807, 2.05) is 25.2 Å². The van der Waals surface area contributed by atoms with Crippen LogP contribution in [-0.2, 0) is 11.3 Å². The Balaban J connectivity index is 1.65. The summed E-state index contributed by atoms with van der Waals surface area (Å²) in [6.07, 6.45) is 3.59. The lowest BCUT2D eigenvalue weighted by atomic mass is 10.1. The van der Waals surface area contributed by atoms with E-state index in [0.29, 0.717) is 12.6 Å². The van der Waals surface area contributed by atoms with Gasteiger partial charge in [-0.2, -0.15) is 0 Å². The molecule has 3 rings (SSSR count). The van der Waals surface area contributed by atoms with Gasteiger partial charge in [-0.15, -0.1) is 0 Å². The van der Waals surface area contributed by atoms with Crippen molar-refractivity contribution in [1.82, 2.24) is 19.9 Å². The molecule has 23 heavy (non-hydrogen) atoms. The zero-order valence-corrected chi connectivity index (χ0v) is 13.4. The van der Waals surface area contributed by atoms with Crippen LogP contribution in [0.4, 0.5) is 5.82 Å². The Morgan fingerprint density at radius 2 is 2.17 bits per heavy atom. The monoisotopic (exact) mass is 315 g/mol. The Hall–Kier alpha value is -2.25. The fraction of sp³-hybridized carbons (Fsp3) is 0.438. The van der Waals surface area contributed by atoms with Crippen LogP contribution in [0, 0.1) is 0 Å². The smallest absolute Gasteiger partial charge is 0.316 e. The number of aromatic nitrogens is 3. The van der Waals surface area contributed by atoms with Gasteiger partial charge in [0.1, 0.15) is 11.9 Å². The molecule has 1 unspecified atom stereocenters. The molecule has 1 saturated heterocycles. The largest absolute Gasteiger partial charge is 0.467 e. The molecule has 1 N–H and O–H groups in total. The number of anilines is 1. The molecule has 1 aliphatic rings. The summed E-state index contributed by atoms with van der Waals surface area (Å²) < 4.78 is 10.9. The van der Waals surface area contributed by atoms with E-state index in [0.717, 1.165) is 36.7 Å². The number of ether oxygens (including phenoxy) is 2. The van der Waals surface area contributed by atoms with Crippen molar-refractivity contribution in [1.29, 1.82) is 0 Å². The maximum Gasteiger partial charge on any atom is 0.316 e. The highest BCUT2D eigenvalue weighted by Crippen LogP contribution is 2.22. The Bertz CT molecular complexity index is 635. The summed E-state index contributed by atoms with van der Waals surface area (Å²) in [5, 5.41) is 3.06. The molecule has 0 aliphatic carbocycles. The third kappa shape index (κ3) is 3.94. The molecule has 0 spiro atoms. The lowest BCUT2D eigenvalue weighted by Gasteiger charge is -2.32. The number of methoxy groups -OCH3 is 1. The second kappa shape index (κ2) is 7.34. The highest BCUT2D eigenvalue weighted by Gasteiger charge is 2.23. The maximum absolute atomic E-state index is 5.88. The summed E-state index contributed by atoms with van der Waals surface area (Å²) in [6.45, 7) is 3.16. The topological polar surface area (TPSA) is 72.4 Å². The number of nitrogens with zero attached hydrogens (tertiary/aromatic N) is 4. The third-order valence-electron chi connectivity index (χ3n) is 3.78. The van der Waals surface area contributed by atoms with Crippen molar-refractivity contribution in [3.8, 4) is 6.01 Å². The first-order valence-corrected chi connectivity index (χ1v) is 7.62. The summed E-state index contributed by atoms with van der Waals surface area (Å²) in [7, 11) is 3.43. The molecular weight excluding hydrogens is 294 g/mol. The van der Waals surface area contributed by atoms with Gasteiger partial charge in [0.15, 0.2) is 0 Å². The Kier molecular flexibility index (Phi) is 4.99. The van der Waals surface area contributed by atoms with Gasteiger partial charge in [0.25, 0.3) is 0 Å². The van der Waals surface area contributed by atoms with Crippen molar-refractivity contribution >= 4 is 5.82 Å². The number of pyridine rings is 1. The molecule has 3 heterocycles. The van der Waals surface area contributed by atoms with Crippen molar-refractivity contribution in [3.63, 3.8) is 0 Å². The predicted molar refractivity (Wildman–Crippen MR) is 86.3 cm³/mol. The summed E-state index contributed by atoms with van der Waals surface area (Å²) >= 11 is 0. The average molecular weight is 315 g/mol. The SMILES string of the molecule is CNc1cccc(C2CN(Cc3cnc(OC)nc3)CCO2)n1. The molecule has 0 amide bonds. The highest BCUT2D eigenvalue weighted by atomic mass is 16.5. The number of rotatable bonds is 5. The molecule has 2 aromatic rings. The second-order valence-electron chi connectivity index (χ2n) is 5.37. The van der Waals surface area contributed by atoms with Gasteiger partial charge in [-0.25, -0.2) is 15.0 Å². The highest BCUT2D eigenvalue weighted by molar-refractivity contribution is 5.34. The molecule has 122 valence electrons. The molecule has 7 nitrogen and oxygen atoms in total. The molecule has 0 aromatic carbocycles. The number of morpholine rings is 1. The zero-order valence-electron chi connectivity index (χ0n) is 13.4. The quantitative estimate of drug-likeness (QED) is 0.896. The molecule has 0 bridgehead atoms. The van der Waals surface area contributed by atoms with E-state index in [4.69, 9.17) is 9.47 Å². The summed E-state index contributed by atoms with van der Waals surface area (Å²) in [4.78, 5) is 15.2. The van der Waals surface area contributed by atoms with E-state index in [1.165, 1.54) is 0 Å². The minimum atomic E-state index is -0.0174. The molecule has 0 saturated carbocycles. The fourth-order valence-electron chi connectivity index (χ4n) is 2.58. The third-order valence-corrected chi connectivity index (χ3v) is 3.78. The Morgan fingerprint density at radius 1 is 1.35 bits per heavy atom. The van der Waals surface area contributed by atoms with Crippen molar-refractivity contribution in [2.24, 2.45) is 0 Å². The molecule has 2 aromatic heterocycles. The van der Waals surface area contributed by atoms with Crippen LogP contribution in [-0.4, -0.2) is 53.7 Å². The second-order valence-corrected chi connectivity index (χ2v) is 5.37. The molecular formula is C16H21N5O2. The molecule has 1 aliphatic heterocycles. The standard InChI is InChI=1S/C16H21N5O2/c1-17-15-5-3-4-13(20-15)14-11-21(6-7-23-14)10-12-8-18-16(22-2)19-9-12/h3-5,8-9,14H,6-7,10-11H2,1-2H3,(H,17,20). The molecule has 0 radical (unpaired) electrons. The van der Waals surface area contributed by atoms with E-state index in [9.17, 15) is 0 Å². The van der Waals surface area contributed by atoms with E-state index in [1.54, 1.807) is 19.5 Å². The van der Waals surface area contributed by atoms with Gasteiger partial charge < -0.3 is 14.8 Å². The van der Waals surface area contributed by atoms with Crippen LogP contribution in [0.15, 0.2) is 30.6 Å². The first kappa shape index (κ1) is 15.6. The first-order valence-electron chi connectivity index (χ1n) is 7.62. The van der Waals surface area contributed by atoms with Crippen molar-refractivity contribution < 1.29 is 9.47 Å². The number of nitrogens with one attached hydrogen (secondary N) is 1. The molecule has 1 atom stereocenters. The summed E-state index contributed by atoms with van der Waals surface area (Å²) in [6, 6.07) is 6.33. The summed E-state index contributed by atoms with van der Waals surface area (Å²) in [5.41, 5.74) is 2.01. The molecule has 1 fully saturated rings. The Labute approximate surface area is 135 Å². The minimum absolute atomic E-state index is 0.0174. The average Bonchev–Trinajstić information content (AvgIpc) is 2.63. The van der Waals surface area contributed by atoms with Gasteiger partial charge >= 0.3 is 6.01 Å². The zero-order chi connectivity index (χ0) is 16.1. The van der Waals surface area contributed by atoms with Crippen molar-refractivity contribution in [2.75, 3.05) is 39.2 Å². The maximum atomic E-state index is 5.88. The summed E-state index contributed by atoms with van der Waals surface area (Å²) in [5.74, 6) is 0.853. The van der Waals surface area contributed by atoms with E-state index in [-0.39, 0.29) is 6.10 Å². The van der Waals surface area contributed by atoms with Crippen molar-refractivity contribution in [2.45, 2.75) is 12.6 Å². The van der Waals surface area contributed by atoms with E-state index < -0.39 is 0 Å². The van der Waals surface area contributed by atoms with Gasteiger partial charge in [0.05, 0.1) is 19.4 Å².